The third-order valence-electron chi connectivity index (χ3n) is 4.26. The minimum Gasteiger partial charge on any atom is -0.441 e. The number of amidine groups is 1. The molecule has 26 heavy (non-hydrogen) atoms. The molecule has 0 atom stereocenters. The number of carbonyl (C=O) groups excluding carboxylic acids is 1. The van der Waals surface area contributed by atoms with E-state index in [-0.39, 0.29) is 5.91 Å². The Morgan fingerprint density at radius 3 is 2.65 bits per heavy atom. The molecule has 2 aliphatic rings. The van der Waals surface area contributed by atoms with Crippen molar-refractivity contribution in [3.63, 3.8) is 0 Å². The number of furan rings is 1. The lowest BCUT2D eigenvalue weighted by molar-refractivity contribution is -0.115. The summed E-state index contributed by atoms with van der Waals surface area (Å²) < 4.78 is 5.90. The first-order chi connectivity index (χ1) is 12.7. The van der Waals surface area contributed by atoms with Crippen LogP contribution in [0.1, 0.15) is 25.0 Å². The Hall–Kier alpha value is -2.18. The van der Waals surface area contributed by atoms with Crippen molar-refractivity contribution in [1.29, 1.82) is 0 Å². The van der Waals surface area contributed by atoms with Crippen molar-refractivity contribution in [2.75, 3.05) is 18.0 Å². The molecule has 0 unspecified atom stereocenters. The van der Waals surface area contributed by atoms with Gasteiger partial charge >= 0.3 is 0 Å². The Labute approximate surface area is 161 Å². The molecule has 2 aromatic rings. The molecule has 7 heteroatoms. The van der Waals surface area contributed by atoms with Gasteiger partial charge in [0.25, 0.3) is 5.91 Å². The molecule has 0 saturated carbocycles. The number of halogens is 1. The van der Waals surface area contributed by atoms with E-state index in [1.54, 1.807) is 30.3 Å². The van der Waals surface area contributed by atoms with Gasteiger partial charge in [-0.3, -0.25) is 4.79 Å². The number of amides is 1. The van der Waals surface area contributed by atoms with Crippen LogP contribution >= 0.6 is 23.4 Å². The molecule has 1 amide bonds. The summed E-state index contributed by atoms with van der Waals surface area (Å²) in [6.45, 7) is 2.05. The van der Waals surface area contributed by atoms with Crippen LogP contribution in [0, 0.1) is 0 Å². The van der Waals surface area contributed by atoms with E-state index in [9.17, 15) is 4.79 Å². The summed E-state index contributed by atoms with van der Waals surface area (Å²) in [5.41, 5.74) is 0.740. The second-order valence-corrected chi connectivity index (χ2v) is 7.65. The third kappa shape index (κ3) is 3.97. The predicted octanol–water partition coefficient (Wildman–Crippen LogP) is 4.81. The monoisotopic (exact) mass is 387 g/mol. The average molecular weight is 388 g/mol. The highest BCUT2D eigenvalue weighted by Crippen LogP contribution is 2.30. The minimum absolute atomic E-state index is 0.168. The summed E-state index contributed by atoms with van der Waals surface area (Å²) in [5.74, 6) is 1.38. The van der Waals surface area contributed by atoms with Crippen LogP contribution < -0.4 is 10.2 Å². The van der Waals surface area contributed by atoms with Crippen LogP contribution in [0.4, 0.5) is 11.6 Å². The van der Waals surface area contributed by atoms with Gasteiger partial charge in [0.05, 0.1) is 10.6 Å². The fraction of sp³-hybridized carbons (Fsp3) is 0.263. The Morgan fingerprint density at radius 2 is 1.88 bits per heavy atom. The largest absolute Gasteiger partial charge is 0.441 e. The molecule has 5 nitrogen and oxygen atoms in total. The highest BCUT2D eigenvalue weighted by Gasteiger charge is 2.24. The fourth-order valence-corrected chi connectivity index (χ4v) is 3.89. The van der Waals surface area contributed by atoms with Crippen LogP contribution in [0.25, 0.3) is 6.08 Å². The molecule has 2 aliphatic heterocycles. The standard InChI is InChI=1S/C19H18ClN3O2S/c20-13-4-6-14(7-5-13)21-19-22-18(24)16(26-19)12-15-8-9-17(25-15)23-10-2-1-3-11-23/h4-9,12H,1-3,10-11H2,(H,21,22,24)/b16-12+. The highest BCUT2D eigenvalue weighted by atomic mass is 35.5. The van der Waals surface area contributed by atoms with Crippen molar-refractivity contribution in [1.82, 2.24) is 5.32 Å². The first kappa shape index (κ1) is 17.2. The van der Waals surface area contributed by atoms with Gasteiger partial charge in [-0.25, -0.2) is 4.99 Å². The zero-order valence-corrected chi connectivity index (χ0v) is 15.6. The molecule has 2 saturated heterocycles. The molecule has 0 radical (unpaired) electrons. The molecule has 134 valence electrons. The van der Waals surface area contributed by atoms with E-state index < -0.39 is 0 Å². The number of nitrogens with one attached hydrogen (secondary N) is 1. The molecule has 1 aromatic heterocycles. The van der Waals surface area contributed by atoms with E-state index in [1.165, 1.54) is 31.0 Å². The van der Waals surface area contributed by atoms with E-state index in [0.717, 1.165) is 24.7 Å². The average Bonchev–Trinajstić information content (AvgIpc) is 3.25. The fourth-order valence-electron chi connectivity index (χ4n) is 2.95. The lowest BCUT2D eigenvalue weighted by atomic mass is 10.1. The van der Waals surface area contributed by atoms with Crippen LogP contribution in [-0.2, 0) is 4.79 Å². The van der Waals surface area contributed by atoms with Crippen LogP contribution in [0.3, 0.4) is 0 Å². The summed E-state index contributed by atoms with van der Waals surface area (Å²) in [7, 11) is 0. The SMILES string of the molecule is O=C1NC(=Nc2ccc(Cl)cc2)S/C1=C/c1ccc(N2CCCCC2)o1. The van der Waals surface area contributed by atoms with Crippen molar-refractivity contribution in [3.8, 4) is 0 Å². The van der Waals surface area contributed by atoms with E-state index in [4.69, 9.17) is 16.0 Å². The van der Waals surface area contributed by atoms with Crippen molar-refractivity contribution in [2.24, 2.45) is 4.99 Å². The predicted molar refractivity (Wildman–Crippen MR) is 107 cm³/mol. The van der Waals surface area contributed by atoms with Crippen LogP contribution in [0.15, 0.2) is 50.7 Å². The molecule has 1 N–H and O–H groups in total. The lowest BCUT2D eigenvalue weighted by Crippen LogP contribution is -2.28. The quantitative estimate of drug-likeness (QED) is 0.767. The molecule has 0 bridgehead atoms. The summed E-state index contributed by atoms with van der Waals surface area (Å²) >= 11 is 7.18. The smallest absolute Gasteiger partial charge is 0.264 e. The van der Waals surface area contributed by atoms with Gasteiger partial charge in [-0.2, -0.15) is 0 Å². The topological polar surface area (TPSA) is 57.8 Å². The number of anilines is 1. The van der Waals surface area contributed by atoms with E-state index in [2.05, 4.69) is 15.2 Å². The van der Waals surface area contributed by atoms with Crippen molar-refractivity contribution in [3.05, 3.63) is 52.1 Å². The number of aliphatic imine (C=N–C) groups is 1. The first-order valence-corrected chi connectivity index (χ1v) is 9.77. The molecule has 1 aromatic carbocycles. The molecular formula is C19H18ClN3O2S. The number of hydrogen-bond donors (Lipinski definition) is 1. The second-order valence-electron chi connectivity index (χ2n) is 6.18. The highest BCUT2D eigenvalue weighted by molar-refractivity contribution is 8.18. The van der Waals surface area contributed by atoms with Crippen LogP contribution in [0.2, 0.25) is 5.02 Å². The molecule has 0 spiro atoms. The normalized spacial score (nSPS) is 20.8. The number of benzene rings is 1. The minimum atomic E-state index is -0.168. The van der Waals surface area contributed by atoms with Gasteiger partial charge in [0.1, 0.15) is 5.76 Å². The molecular weight excluding hydrogens is 370 g/mol. The Balaban J connectivity index is 1.48. The molecule has 0 aliphatic carbocycles. The zero-order valence-electron chi connectivity index (χ0n) is 14.1. The maximum absolute atomic E-state index is 12.2. The number of carbonyl (C=O) groups is 1. The van der Waals surface area contributed by atoms with Gasteiger partial charge < -0.3 is 14.6 Å². The first-order valence-electron chi connectivity index (χ1n) is 8.57. The molecule has 4 rings (SSSR count). The lowest BCUT2D eigenvalue weighted by Gasteiger charge is -2.25. The summed E-state index contributed by atoms with van der Waals surface area (Å²) in [4.78, 5) is 19.4. The van der Waals surface area contributed by atoms with Crippen molar-refractivity contribution < 1.29 is 9.21 Å². The van der Waals surface area contributed by atoms with Gasteiger partial charge in [0.15, 0.2) is 11.1 Å². The van der Waals surface area contributed by atoms with Crippen molar-refractivity contribution in [2.45, 2.75) is 19.3 Å². The van der Waals surface area contributed by atoms with E-state index >= 15 is 0 Å². The van der Waals surface area contributed by atoms with Crippen LogP contribution in [-0.4, -0.2) is 24.2 Å². The number of nitrogens with zero attached hydrogens (tertiary/aromatic N) is 2. The summed E-state index contributed by atoms with van der Waals surface area (Å²) in [6, 6.07) is 11.0. The summed E-state index contributed by atoms with van der Waals surface area (Å²) in [6.07, 6.45) is 5.43. The maximum atomic E-state index is 12.2. The van der Waals surface area contributed by atoms with Gasteiger partial charge in [0.2, 0.25) is 0 Å². The zero-order chi connectivity index (χ0) is 17.9. The Morgan fingerprint density at radius 1 is 1.12 bits per heavy atom. The maximum Gasteiger partial charge on any atom is 0.264 e. The van der Waals surface area contributed by atoms with Crippen LogP contribution in [0.5, 0.6) is 0 Å². The number of thioether (sulfide) groups is 1. The van der Waals surface area contributed by atoms with Gasteiger partial charge in [0, 0.05) is 30.3 Å². The number of piperidine rings is 1. The van der Waals surface area contributed by atoms with E-state index in [1.807, 2.05) is 12.1 Å². The number of hydrogen-bond acceptors (Lipinski definition) is 5. The molecule has 2 fully saturated rings. The number of rotatable bonds is 3. The second kappa shape index (κ2) is 7.60. The van der Waals surface area contributed by atoms with Gasteiger partial charge in [-0.15, -0.1) is 0 Å². The third-order valence-corrected chi connectivity index (χ3v) is 5.42. The molecule has 3 heterocycles. The summed E-state index contributed by atoms with van der Waals surface area (Å²) in [5, 5.41) is 3.98. The van der Waals surface area contributed by atoms with Gasteiger partial charge in [-0.1, -0.05) is 11.6 Å². The Bertz CT molecular complexity index is 867. The van der Waals surface area contributed by atoms with Gasteiger partial charge in [-0.05, 0) is 61.4 Å². The van der Waals surface area contributed by atoms with E-state index in [0.29, 0.717) is 20.9 Å². The Kier molecular flexibility index (Phi) is 5.04. The van der Waals surface area contributed by atoms with Crippen molar-refractivity contribution >= 4 is 52.1 Å².